The van der Waals surface area contributed by atoms with E-state index in [4.69, 9.17) is 4.98 Å². The number of H-pyrrole nitrogens is 1. The monoisotopic (exact) mass is 503 g/mol. The van der Waals surface area contributed by atoms with Gasteiger partial charge in [-0.15, -0.1) is 0 Å². The maximum Gasteiger partial charge on any atom is 0.109 e. The van der Waals surface area contributed by atoms with Gasteiger partial charge >= 0.3 is 0 Å². The van der Waals surface area contributed by atoms with Crippen molar-refractivity contribution >= 4 is 32.3 Å². The van der Waals surface area contributed by atoms with E-state index in [1.54, 1.807) is 0 Å². The quantitative estimate of drug-likeness (QED) is 0.239. The second-order valence-electron chi connectivity index (χ2n) is 10.3. The molecular weight excluding hydrogens is 474 g/mol. The van der Waals surface area contributed by atoms with Gasteiger partial charge in [0.05, 0.1) is 11.9 Å². The van der Waals surface area contributed by atoms with Gasteiger partial charge in [0, 0.05) is 18.3 Å². The Morgan fingerprint density at radius 2 is 1.38 bits per heavy atom. The van der Waals surface area contributed by atoms with Crippen molar-refractivity contribution in [1.29, 1.82) is 0 Å². The molecule has 188 valence electrons. The summed E-state index contributed by atoms with van der Waals surface area (Å²) in [6.45, 7) is 0. The van der Waals surface area contributed by atoms with Crippen molar-refractivity contribution in [3.63, 3.8) is 0 Å². The molecule has 1 aliphatic rings. The molecule has 1 unspecified atom stereocenters. The molecule has 0 radical (unpaired) electrons. The average Bonchev–Trinajstić information content (AvgIpc) is 3.52. The average molecular weight is 504 g/mol. The molecule has 3 nitrogen and oxygen atoms in total. The number of aryl methyl sites for hydroxylation is 1. The zero-order valence-corrected chi connectivity index (χ0v) is 21.7. The van der Waals surface area contributed by atoms with Crippen LogP contribution in [-0.2, 0) is 12.8 Å². The standard InChI is InChI=1S/C27H22N2.C9H7N/c1-2-7-20(8-3-1)26-17-28-27(29-26)21-11-10-19-13-14-23-22-9-5-4-6-18(22)12-15-24(23)25(19)16-21;1-2-4-9-7-10-6-5-8(9)3-1/h1-9,12-15,17,21H,10-11,16H2,(H,28,29);1-7H. The van der Waals surface area contributed by atoms with Crippen LogP contribution in [0.2, 0.25) is 0 Å². The van der Waals surface area contributed by atoms with Gasteiger partial charge < -0.3 is 4.98 Å². The van der Waals surface area contributed by atoms with E-state index in [-0.39, 0.29) is 0 Å². The molecule has 0 saturated carbocycles. The van der Waals surface area contributed by atoms with Crippen molar-refractivity contribution in [2.24, 2.45) is 0 Å². The molecule has 5 aromatic carbocycles. The van der Waals surface area contributed by atoms with Gasteiger partial charge in [-0.2, -0.15) is 0 Å². The molecule has 7 aromatic rings. The number of imidazole rings is 1. The Kier molecular flexibility index (Phi) is 6.10. The number of nitrogens with one attached hydrogen (secondary N) is 1. The van der Waals surface area contributed by atoms with Crippen molar-refractivity contribution in [3.05, 3.63) is 145 Å². The van der Waals surface area contributed by atoms with Crippen LogP contribution in [0.5, 0.6) is 0 Å². The van der Waals surface area contributed by atoms with Crippen molar-refractivity contribution in [1.82, 2.24) is 15.0 Å². The molecule has 0 bridgehead atoms. The largest absolute Gasteiger partial charge is 0.342 e. The third kappa shape index (κ3) is 4.57. The first-order valence-electron chi connectivity index (χ1n) is 13.6. The van der Waals surface area contributed by atoms with Crippen LogP contribution >= 0.6 is 0 Å². The Hall–Kier alpha value is -4.76. The molecule has 0 spiro atoms. The molecule has 0 saturated heterocycles. The lowest BCUT2D eigenvalue weighted by Crippen LogP contribution is -2.14. The Labute approximate surface area is 228 Å². The SMILES string of the molecule is c1ccc(-c2cnc(C3CCc4ccc5c(ccc6ccccc65)c4C3)[nH]2)cc1.c1ccc2cnccc2c1. The molecule has 0 aliphatic heterocycles. The molecule has 2 aromatic heterocycles. The van der Waals surface area contributed by atoms with Crippen molar-refractivity contribution < 1.29 is 0 Å². The molecule has 1 aliphatic carbocycles. The molecule has 0 amide bonds. The molecule has 0 fully saturated rings. The minimum Gasteiger partial charge on any atom is -0.342 e. The minimum atomic E-state index is 0.442. The van der Waals surface area contributed by atoms with Crippen LogP contribution in [0.3, 0.4) is 0 Å². The van der Waals surface area contributed by atoms with Crippen LogP contribution in [0, 0.1) is 0 Å². The van der Waals surface area contributed by atoms with Crippen molar-refractivity contribution in [2.75, 3.05) is 0 Å². The normalized spacial score (nSPS) is 14.6. The molecule has 1 N–H and O–H groups in total. The smallest absolute Gasteiger partial charge is 0.109 e. The Bertz CT molecular complexity index is 1840. The van der Waals surface area contributed by atoms with E-state index in [2.05, 4.69) is 94.9 Å². The Morgan fingerprint density at radius 3 is 2.26 bits per heavy atom. The van der Waals surface area contributed by atoms with E-state index in [0.29, 0.717) is 5.92 Å². The summed E-state index contributed by atoms with van der Waals surface area (Å²) >= 11 is 0. The third-order valence-corrected chi connectivity index (χ3v) is 7.96. The number of fused-ring (bicyclic) bond motifs is 6. The van der Waals surface area contributed by atoms with Gasteiger partial charge in [0.1, 0.15) is 5.82 Å². The van der Waals surface area contributed by atoms with Crippen LogP contribution in [0.25, 0.3) is 43.6 Å². The summed E-state index contributed by atoms with van der Waals surface area (Å²) in [5, 5.41) is 7.88. The zero-order valence-electron chi connectivity index (χ0n) is 21.7. The minimum absolute atomic E-state index is 0.442. The van der Waals surface area contributed by atoms with Gasteiger partial charge in [0.15, 0.2) is 0 Å². The lowest BCUT2D eigenvalue weighted by Gasteiger charge is -2.25. The summed E-state index contributed by atoms with van der Waals surface area (Å²) in [4.78, 5) is 12.4. The Morgan fingerprint density at radius 1 is 0.615 bits per heavy atom. The van der Waals surface area contributed by atoms with E-state index in [0.717, 1.165) is 30.8 Å². The van der Waals surface area contributed by atoms with E-state index in [9.17, 15) is 0 Å². The number of pyridine rings is 1. The molecule has 39 heavy (non-hydrogen) atoms. The van der Waals surface area contributed by atoms with Gasteiger partial charge in [-0.05, 0) is 74.3 Å². The molecular formula is C36H29N3. The molecule has 2 heterocycles. The molecule has 8 rings (SSSR count). The summed E-state index contributed by atoms with van der Waals surface area (Å²) in [7, 11) is 0. The number of nitrogens with zero attached hydrogens (tertiary/aromatic N) is 2. The summed E-state index contributed by atoms with van der Waals surface area (Å²) in [6, 6.07) is 38.6. The summed E-state index contributed by atoms with van der Waals surface area (Å²) in [5.74, 6) is 1.56. The van der Waals surface area contributed by atoms with Gasteiger partial charge in [0.25, 0.3) is 0 Å². The van der Waals surface area contributed by atoms with Gasteiger partial charge in [0.2, 0.25) is 0 Å². The first kappa shape index (κ1) is 23.4. The second kappa shape index (κ2) is 10.2. The summed E-state index contributed by atoms with van der Waals surface area (Å²) < 4.78 is 0. The fourth-order valence-electron chi connectivity index (χ4n) is 5.92. The van der Waals surface area contributed by atoms with Crippen LogP contribution in [-0.4, -0.2) is 15.0 Å². The van der Waals surface area contributed by atoms with E-state index in [1.807, 2.05) is 42.9 Å². The highest BCUT2D eigenvalue weighted by atomic mass is 14.9. The number of hydrogen-bond acceptors (Lipinski definition) is 2. The highest BCUT2D eigenvalue weighted by Crippen LogP contribution is 2.38. The topological polar surface area (TPSA) is 41.6 Å². The predicted molar refractivity (Wildman–Crippen MR) is 162 cm³/mol. The highest BCUT2D eigenvalue weighted by molar-refractivity contribution is 6.08. The first-order valence-corrected chi connectivity index (χ1v) is 13.6. The van der Waals surface area contributed by atoms with Crippen molar-refractivity contribution in [2.45, 2.75) is 25.2 Å². The maximum atomic E-state index is 4.76. The van der Waals surface area contributed by atoms with Gasteiger partial charge in [-0.25, -0.2) is 4.98 Å². The molecule has 1 atom stereocenters. The predicted octanol–water partition coefficient (Wildman–Crippen LogP) is 8.89. The lowest BCUT2D eigenvalue weighted by molar-refractivity contribution is 0.563. The lowest BCUT2D eigenvalue weighted by atomic mass is 9.80. The van der Waals surface area contributed by atoms with E-state index < -0.39 is 0 Å². The van der Waals surface area contributed by atoms with Crippen molar-refractivity contribution in [3.8, 4) is 11.3 Å². The maximum absolute atomic E-state index is 4.76. The summed E-state index contributed by atoms with van der Waals surface area (Å²) in [5.41, 5.74) is 5.30. The van der Waals surface area contributed by atoms with E-state index in [1.165, 1.54) is 49.0 Å². The van der Waals surface area contributed by atoms with Crippen LogP contribution < -0.4 is 0 Å². The number of aromatic amines is 1. The first-order chi connectivity index (χ1) is 19.3. The van der Waals surface area contributed by atoms with E-state index >= 15 is 0 Å². The third-order valence-electron chi connectivity index (χ3n) is 7.96. The number of aromatic nitrogens is 3. The summed E-state index contributed by atoms with van der Waals surface area (Å²) in [6.07, 6.45) is 8.97. The Balaban J connectivity index is 0.000000213. The zero-order chi connectivity index (χ0) is 26.0. The fraction of sp³-hybridized carbons (Fsp3) is 0.111. The van der Waals surface area contributed by atoms with Gasteiger partial charge in [-0.1, -0.05) is 103 Å². The number of rotatable bonds is 2. The fourth-order valence-corrected chi connectivity index (χ4v) is 5.92. The highest BCUT2D eigenvalue weighted by Gasteiger charge is 2.24. The van der Waals surface area contributed by atoms with Crippen LogP contribution in [0.15, 0.2) is 128 Å². The number of hydrogen-bond donors (Lipinski definition) is 1. The van der Waals surface area contributed by atoms with Crippen LogP contribution in [0.4, 0.5) is 0 Å². The number of benzene rings is 5. The van der Waals surface area contributed by atoms with Gasteiger partial charge in [-0.3, -0.25) is 4.98 Å². The molecule has 3 heteroatoms. The van der Waals surface area contributed by atoms with Crippen LogP contribution in [0.1, 0.15) is 29.3 Å². The second-order valence-corrected chi connectivity index (χ2v) is 10.3.